The number of hydrogen-bond donors (Lipinski definition) is 1. The first-order valence-electron chi connectivity index (χ1n) is 13.4. The Hall–Kier alpha value is -4.08. The topological polar surface area (TPSA) is 129 Å². The number of hydrogen-bond acceptors (Lipinski definition) is 8. The van der Waals surface area contributed by atoms with Crippen LogP contribution in [0, 0.1) is 0 Å². The zero-order valence-electron chi connectivity index (χ0n) is 23.8. The number of ketones is 3. The van der Waals surface area contributed by atoms with E-state index in [4.69, 9.17) is 13.9 Å². The summed E-state index contributed by atoms with van der Waals surface area (Å²) in [6.07, 6.45) is 8.31. The number of alkyl carbamates (subject to hydrolysis) is 1. The van der Waals surface area contributed by atoms with Gasteiger partial charge >= 0.3 is 6.09 Å². The Morgan fingerprint density at radius 3 is 2.48 bits per heavy atom. The zero-order chi connectivity index (χ0) is 29.3. The van der Waals surface area contributed by atoms with E-state index in [0.29, 0.717) is 37.0 Å². The van der Waals surface area contributed by atoms with E-state index < -0.39 is 17.7 Å². The number of aromatic nitrogens is 2. The maximum absolute atomic E-state index is 13.2. The highest BCUT2D eigenvalue weighted by Crippen LogP contribution is 2.27. The fourth-order valence-corrected chi connectivity index (χ4v) is 4.30. The molecule has 1 amide bonds. The normalized spacial score (nSPS) is 12.1. The van der Waals surface area contributed by atoms with Crippen molar-refractivity contribution in [3.05, 3.63) is 54.5 Å². The second-order valence-corrected chi connectivity index (χ2v) is 10.7. The maximum atomic E-state index is 13.2. The van der Waals surface area contributed by atoms with Gasteiger partial charge in [-0.3, -0.25) is 14.4 Å². The number of benzene rings is 1. The van der Waals surface area contributed by atoms with Crippen molar-refractivity contribution in [2.24, 2.45) is 7.05 Å². The van der Waals surface area contributed by atoms with Gasteiger partial charge in [0.15, 0.2) is 24.0 Å². The van der Waals surface area contributed by atoms with E-state index in [1.165, 1.54) is 19.6 Å². The largest absolute Gasteiger partial charge is 0.496 e. The zero-order valence-corrected chi connectivity index (χ0v) is 23.8. The molecule has 0 fully saturated rings. The van der Waals surface area contributed by atoms with E-state index in [2.05, 4.69) is 10.3 Å². The molecule has 1 aromatic carbocycles. The lowest BCUT2D eigenvalue weighted by atomic mass is 9.96. The Morgan fingerprint density at radius 1 is 1.02 bits per heavy atom. The SMILES string of the molecule is COc1cc2c[n+](C)ccc2cc1C(=O)CCC(=O)[C@H](CCCCCC(=O)c1ncco1)NC(=O)OC(C)(C)C. The fourth-order valence-electron chi connectivity index (χ4n) is 4.30. The summed E-state index contributed by atoms with van der Waals surface area (Å²) in [6.45, 7) is 5.22. The smallest absolute Gasteiger partial charge is 0.408 e. The molecule has 10 heteroatoms. The number of pyridine rings is 1. The number of aryl methyl sites for hydroxylation is 1. The summed E-state index contributed by atoms with van der Waals surface area (Å²) in [4.78, 5) is 54.7. The third kappa shape index (κ3) is 9.00. The number of carbonyl (C=O) groups is 4. The number of nitrogens with zero attached hydrogens (tertiary/aromatic N) is 2. The summed E-state index contributed by atoms with van der Waals surface area (Å²) in [5, 5.41) is 4.49. The Kier molecular flexibility index (Phi) is 10.5. The highest BCUT2D eigenvalue weighted by molar-refractivity contribution is 6.04. The van der Waals surface area contributed by atoms with Crippen molar-refractivity contribution in [1.29, 1.82) is 0 Å². The lowest BCUT2D eigenvalue weighted by molar-refractivity contribution is -0.670. The number of nitrogens with one attached hydrogen (secondary N) is 1. The van der Waals surface area contributed by atoms with Gasteiger partial charge in [-0.2, -0.15) is 0 Å². The molecule has 2 heterocycles. The third-order valence-electron chi connectivity index (χ3n) is 6.28. The van der Waals surface area contributed by atoms with Gasteiger partial charge in [0.2, 0.25) is 5.78 Å². The average Bonchev–Trinajstić information content (AvgIpc) is 3.44. The molecule has 0 aliphatic rings. The molecule has 10 nitrogen and oxygen atoms in total. The molecule has 1 atom stereocenters. The number of ether oxygens (including phenoxy) is 2. The van der Waals surface area contributed by atoms with Crippen molar-refractivity contribution in [2.45, 2.75) is 77.4 Å². The predicted octanol–water partition coefficient (Wildman–Crippen LogP) is 4.92. The molecule has 0 saturated carbocycles. The molecule has 214 valence electrons. The quantitative estimate of drug-likeness (QED) is 0.170. The van der Waals surface area contributed by atoms with Crippen LogP contribution < -0.4 is 14.6 Å². The number of methoxy groups -OCH3 is 1. The first-order chi connectivity index (χ1) is 19.0. The van der Waals surface area contributed by atoms with Gasteiger partial charge in [0.1, 0.15) is 24.7 Å². The van der Waals surface area contributed by atoms with Crippen LogP contribution in [0.3, 0.4) is 0 Å². The Morgan fingerprint density at radius 2 is 1.80 bits per heavy atom. The Balaban J connectivity index is 1.61. The molecule has 1 N–H and O–H groups in total. The van der Waals surface area contributed by atoms with E-state index in [1.54, 1.807) is 26.8 Å². The van der Waals surface area contributed by atoms with Crippen molar-refractivity contribution in [1.82, 2.24) is 10.3 Å². The minimum Gasteiger partial charge on any atom is -0.496 e. The van der Waals surface area contributed by atoms with Crippen LogP contribution in [-0.2, 0) is 16.6 Å². The maximum Gasteiger partial charge on any atom is 0.408 e. The van der Waals surface area contributed by atoms with Crippen molar-refractivity contribution < 1.29 is 37.6 Å². The minimum absolute atomic E-state index is 0.0293. The number of oxazole rings is 1. The summed E-state index contributed by atoms with van der Waals surface area (Å²) in [6, 6.07) is 4.68. The molecular weight excluding hydrogens is 514 g/mol. The number of unbranched alkanes of at least 4 members (excludes halogenated alkanes) is 2. The molecule has 0 aliphatic carbocycles. The number of carbonyl (C=O) groups excluding carboxylic acids is 4. The van der Waals surface area contributed by atoms with Crippen LogP contribution in [-0.4, -0.2) is 47.2 Å². The fraction of sp³-hybridized carbons (Fsp3) is 0.467. The van der Waals surface area contributed by atoms with E-state index >= 15 is 0 Å². The standard InChI is InChI=1S/C30H37N3O7/c1-30(2,3)40-29(37)32-23(9-7-6-8-10-26(36)28-31-14-16-39-28)25(35)12-11-24(34)22-17-20-13-15-33(4)19-21(20)18-27(22)38-5/h13-19,23H,6-12H2,1-5H3/p+1/t23-/m0/s1. The van der Waals surface area contributed by atoms with Gasteiger partial charge in [-0.1, -0.05) is 12.8 Å². The second kappa shape index (κ2) is 13.8. The van der Waals surface area contributed by atoms with Gasteiger partial charge in [-0.05, 0) is 51.1 Å². The van der Waals surface area contributed by atoms with E-state index in [-0.39, 0.29) is 42.5 Å². The van der Waals surface area contributed by atoms with Gasteiger partial charge in [0.05, 0.1) is 24.9 Å². The molecule has 3 aromatic rings. The average molecular weight is 553 g/mol. The summed E-state index contributed by atoms with van der Waals surface area (Å²) in [5.41, 5.74) is -0.318. The monoisotopic (exact) mass is 552 g/mol. The minimum atomic E-state index is -0.816. The molecule has 0 bridgehead atoms. The molecular formula is C30H38N3O7+. The second-order valence-electron chi connectivity index (χ2n) is 10.7. The summed E-state index contributed by atoms with van der Waals surface area (Å²) in [5.74, 6) is -0.135. The van der Waals surface area contributed by atoms with Crippen LogP contribution in [0.2, 0.25) is 0 Å². The van der Waals surface area contributed by atoms with Gasteiger partial charge < -0.3 is 19.2 Å². The Bertz CT molecular complexity index is 1340. The molecule has 0 aliphatic heterocycles. The molecule has 3 rings (SSSR count). The highest BCUT2D eigenvalue weighted by Gasteiger charge is 2.25. The summed E-state index contributed by atoms with van der Waals surface area (Å²) < 4.78 is 17.7. The highest BCUT2D eigenvalue weighted by atomic mass is 16.6. The van der Waals surface area contributed by atoms with Crippen LogP contribution >= 0.6 is 0 Å². The number of fused-ring (bicyclic) bond motifs is 1. The molecule has 40 heavy (non-hydrogen) atoms. The van der Waals surface area contributed by atoms with Crippen molar-refractivity contribution in [2.75, 3.05) is 7.11 Å². The number of amides is 1. The van der Waals surface area contributed by atoms with Gasteiger partial charge in [-0.15, -0.1) is 0 Å². The van der Waals surface area contributed by atoms with Crippen molar-refractivity contribution in [3.8, 4) is 5.75 Å². The first-order valence-corrected chi connectivity index (χ1v) is 13.4. The van der Waals surface area contributed by atoms with Gasteiger partial charge in [0, 0.05) is 30.7 Å². The number of Topliss-reactive ketones (excluding diaryl/α,β-unsaturated/α-hetero) is 3. The molecule has 2 aromatic heterocycles. The Labute approximate surface area is 234 Å². The lowest BCUT2D eigenvalue weighted by Crippen LogP contribution is -2.43. The summed E-state index contributed by atoms with van der Waals surface area (Å²) >= 11 is 0. The molecule has 0 radical (unpaired) electrons. The van der Waals surface area contributed by atoms with Crippen LogP contribution in [0.25, 0.3) is 10.8 Å². The third-order valence-corrected chi connectivity index (χ3v) is 6.28. The molecule has 0 unspecified atom stereocenters. The van der Waals surface area contributed by atoms with E-state index in [9.17, 15) is 19.2 Å². The number of rotatable bonds is 14. The van der Waals surface area contributed by atoms with Crippen LogP contribution in [0.1, 0.15) is 86.8 Å². The molecule has 0 spiro atoms. The van der Waals surface area contributed by atoms with Crippen molar-refractivity contribution >= 4 is 34.2 Å². The lowest BCUT2D eigenvalue weighted by Gasteiger charge is -2.23. The van der Waals surface area contributed by atoms with Crippen LogP contribution in [0.4, 0.5) is 4.79 Å². The van der Waals surface area contributed by atoms with Crippen molar-refractivity contribution in [3.63, 3.8) is 0 Å². The first kappa shape index (κ1) is 30.5. The van der Waals surface area contributed by atoms with Crippen LogP contribution in [0.5, 0.6) is 5.75 Å². The van der Waals surface area contributed by atoms with Gasteiger partial charge in [-0.25, -0.2) is 14.3 Å². The van der Waals surface area contributed by atoms with Gasteiger partial charge in [0.25, 0.3) is 5.89 Å². The molecule has 0 saturated heterocycles. The van der Waals surface area contributed by atoms with E-state index in [0.717, 1.165) is 10.8 Å². The summed E-state index contributed by atoms with van der Waals surface area (Å²) in [7, 11) is 3.42. The van der Waals surface area contributed by atoms with Crippen LogP contribution in [0.15, 0.2) is 47.5 Å². The predicted molar refractivity (Wildman–Crippen MR) is 147 cm³/mol. The van der Waals surface area contributed by atoms with E-state index in [1.807, 2.05) is 36.1 Å².